The molecule has 1 aliphatic rings. The first-order valence-corrected chi connectivity index (χ1v) is 7.32. The van der Waals surface area contributed by atoms with Crippen molar-refractivity contribution in [3.8, 4) is 5.88 Å². The number of hydrogen-bond donors (Lipinski definition) is 0. The van der Waals surface area contributed by atoms with Gasteiger partial charge in [0.2, 0.25) is 5.88 Å². The van der Waals surface area contributed by atoms with E-state index in [1.165, 1.54) is 19.4 Å². The summed E-state index contributed by atoms with van der Waals surface area (Å²) in [7, 11) is 1.69. The van der Waals surface area contributed by atoms with Crippen molar-refractivity contribution in [2.75, 3.05) is 20.2 Å². The van der Waals surface area contributed by atoms with Gasteiger partial charge in [0.15, 0.2) is 5.65 Å². The van der Waals surface area contributed by atoms with Gasteiger partial charge in [0.1, 0.15) is 5.82 Å². The third-order valence-corrected chi connectivity index (χ3v) is 4.17. The van der Waals surface area contributed by atoms with Crippen molar-refractivity contribution in [2.24, 2.45) is 0 Å². The summed E-state index contributed by atoms with van der Waals surface area (Å²) in [5.74, 6) is 2.27. The predicted octanol–water partition coefficient (Wildman–Crippen LogP) is 2.33. The Balaban J connectivity index is 1.97. The number of pyridine rings is 1. The summed E-state index contributed by atoms with van der Waals surface area (Å²) in [6, 6.07) is 6.47. The van der Waals surface area contributed by atoms with Gasteiger partial charge in [-0.3, -0.25) is 0 Å². The molecule has 1 atom stereocenters. The maximum absolute atomic E-state index is 5.46. The zero-order valence-electron chi connectivity index (χ0n) is 12.4. The van der Waals surface area contributed by atoms with Crippen LogP contribution in [0.15, 0.2) is 18.2 Å². The third-order valence-electron chi connectivity index (χ3n) is 4.17. The number of nitrogens with zero attached hydrogens (tertiary/aromatic N) is 4. The molecule has 1 saturated heterocycles. The number of hydrogen-bond acceptors (Lipinski definition) is 4. The van der Waals surface area contributed by atoms with Crippen LogP contribution in [0.1, 0.15) is 38.4 Å². The maximum Gasteiger partial charge on any atom is 0.200 e. The Labute approximate surface area is 119 Å². The highest BCUT2D eigenvalue weighted by Gasteiger charge is 2.27. The Morgan fingerprint density at radius 2 is 2.15 bits per heavy atom. The lowest BCUT2D eigenvalue weighted by molar-refractivity contribution is 0.164. The van der Waals surface area contributed by atoms with Gasteiger partial charge in [-0.1, -0.05) is 6.07 Å². The zero-order valence-corrected chi connectivity index (χ0v) is 12.4. The molecule has 0 aliphatic carbocycles. The Hall–Kier alpha value is -1.62. The van der Waals surface area contributed by atoms with Crippen LogP contribution in [0.5, 0.6) is 5.88 Å². The summed E-state index contributed by atoms with van der Waals surface area (Å²) in [5, 5.41) is 8.71. The molecule has 0 bridgehead atoms. The van der Waals surface area contributed by atoms with Gasteiger partial charge in [-0.15, -0.1) is 10.2 Å². The van der Waals surface area contributed by atoms with Crippen LogP contribution in [-0.4, -0.2) is 45.7 Å². The van der Waals surface area contributed by atoms with Crippen molar-refractivity contribution < 1.29 is 4.74 Å². The first kappa shape index (κ1) is 13.4. The van der Waals surface area contributed by atoms with Crippen LogP contribution in [0.4, 0.5) is 0 Å². The molecule has 0 aromatic carbocycles. The predicted molar refractivity (Wildman–Crippen MR) is 78.2 cm³/mol. The molecule has 0 spiro atoms. The van der Waals surface area contributed by atoms with Crippen molar-refractivity contribution in [1.82, 2.24) is 19.5 Å². The molecule has 108 valence electrons. The minimum atomic E-state index is 0.428. The number of rotatable bonds is 3. The summed E-state index contributed by atoms with van der Waals surface area (Å²) in [6.07, 6.45) is 2.38. The molecule has 1 aliphatic heterocycles. The Kier molecular flexibility index (Phi) is 3.61. The minimum Gasteiger partial charge on any atom is -0.482 e. The van der Waals surface area contributed by atoms with Crippen LogP contribution in [0, 0.1) is 0 Å². The molecule has 1 unspecified atom stereocenters. The summed E-state index contributed by atoms with van der Waals surface area (Å²) < 4.78 is 7.51. The SMILES string of the molecule is COc1cccc2nnc(C3CCCN(C(C)C)C3)n12. The van der Waals surface area contributed by atoms with E-state index in [4.69, 9.17) is 4.74 Å². The van der Waals surface area contributed by atoms with Crippen LogP contribution in [0.25, 0.3) is 5.65 Å². The van der Waals surface area contributed by atoms with Gasteiger partial charge in [-0.05, 0) is 45.4 Å². The fourth-order valence-corrected chi connectivity index (χ4v) is 3.04. The van der Waals surface area contributed by atoms with Crippen LogP contribution in [0.2, 0.25) is 0 Å². The third kappa shape index (κ3) is 2.26. The standard InChI is InChI=1S/C15H22N4O/c1-11(2)18-9-5-6-12(10-18)15-17-16-13-7-4-8-14(20-3)19(13)15/h4,7-8,11-12H,5-6,9-10H2,1-3H3. The number of piperidine rings is 1. The van der Waals surface area contributed by atoms with Gasteiger partial charge in [0.05, 0.1) is 7.11 Å². The zero-order chi connectivity index (χ0) is 14.1. The van der Waals surface area contributed by atoms with E-state index in [9.17, 15) is 0 Å². The first-order chi connectivity index (χ1) is 9.70. The van der Waals surface area contributed by atoms with Gasteiger partial charge < -0.3 is 9.64 Å². The highest BCUT2D eigenvalue weighted by molar-refractivity contribution is 5.42. The van der Waals surface area contributed by atoms with Crippen LogP contribution < -0.4 is 4.74 Å². The largest absolute Gasteiger partial charge is 0.482 e. The lowest BCUT2D eigenvalue weighted by Gasteiger charge is -2.34. The fraction of sp³-hybridized carbons (Fsp3) is 0.600. The van der Waals surface area contributed by atoms with E-state index < -0.39 is 0 Å². The van der Waals surface area contributed by atoms with Crippen molar-refractivity contribution in [2.45, 2.75) is 38.6 Å². The average molecular weight is 274 g/mol. The van der Waals surface area contributed by atoms with Crippen molar-refractivity contribution >= 4 is 5.65 Å². The minimum absolute atomic E-state index is 0.428. The van der Waals surface area contributed by atoms with E-state index in [1.807, 2.05) is 18.2 Å². The molecular weight excluding hydrogens is 252 g/mol. The maximum atomic E-state index is 5.46. The Morgan fingerprint density at radius 1 is 1.30 bits per heavy atom. The summed E-state index contributed by atoms with van der Waals surface area (Å²) in [6.45, 7) is 6.74. The summed E-state index contributed by atoms with van der Waals surface area (Å²) >= 11 is 0. The molecule has 5 heteroatoms. The molecule has 2 aromatic heterocycles. The number of likely N-dealkylation sites (tertiary alicyclic amines) is 1. The molecule has 0 N–H and O–H groups in total. The molecule has 0 saturated carbocycles. The van der Waals surface area contributed by atoms with E-state index >= 15 is 0 Å². The number of methoxy groups -OCH3 is 1. The van der Waals surface area contributed by atoms with E-state index in [2.05, 4.69) is 33.3 Å². The lowest BCUT2D eigenvalue weighted by Crippen LogP contribution is -2.39. The van der Waals surface area contributed by atoms with Gasteiger partial charge in [0.25, 0.3) is 0 Å². The molecule has 0 radical (unpaired) electrons. The average Bonchev–Trinajstić information content (AvgIpc) is 2.91. The number of ether oxygens (including phenoxy) is 1. The van der Waals surface area contributed by atoms with Crippen LogP contribution in [-0.2, 0) is 0 Å². The van der Waals surface area contributed by atoms with E-state index in [0.717, 1.165) is 23.9 Å². The van der Waals surface area contributed by atoms with Gasteiger partial charge in [-0.25, -0.2) is 4.40 Å². The first-order valence-electron chi connectivity index (χ1n) is 7.32. The van der Waals surface area contributed by atoms with E-state index in [0.29, 0.717) is 12.0 Å². The Morgan fingerprint density at radius 3 is 2.90 bits per heavy atom. The van der Waals surface area contributed by atoms with Gasteiger partial charge in [-0.2, -0.15) is 0 Å². The van der Waals surface area contributed by atoms with Crippen molar-refractivity contribution in [3.05, 3.63) is 24.0 Å². The van der Waals surface area contributed by atoms with Crippen LogP contribution in [0.3, 0.4) is 0 Å². The second kappa shape index (κ2) is 5.40. The normalized spacial score (nSPS) is 20.7. The molecule has 3 heterocycles. The second-order valence-corrected chi connectivity index (χ2v) is 5.75. The molecule has 3 rings (SSSR count). The van der Waals surface area contributed by atoms with E-state index in [1.54, 1.807) is 7.11 Å². The second-order valence-electron chi connectivity index (χ2n) is 5.75. The highest BCUT2D eigenvalue weighted by Crippen LogP contribution is 2.29. The topological polar surface area (TPSA) is 42.7 Å². The molecule has 20 heavy (non-hydrogen) atoms. The highest BCUT2D eigenvalue weighted by atomic mass is 16.5. The molecule has 1 fully saturated rings. The fourth-order valence-electron chi connectivity index (χ4n) is 3.04. The summed E-state index contributed by atoms with van der Waals surface area (Å²) in [5.41, 5.74) is 0.862. The van der Waals surface area contributed by atoms with Gasteiger partial charge in [0, 0.05) is 18.5 Å². The monoisotopic (exact) mass is 274 g/mol. The molecule has 0 amide bonds. The smallest absolute Gasteiger partial charge is 0.200 e. The molecule has 2 aromatic rings. The lowest BCUT2D eigenvalue weighted by atomic mass is 9.96. The van der Waals surface area contributed by atoms with Crippen LogP contribution >= 0.6 is 0 Å². The van der Waals surface area contributed by atoms with Gasteiger partial charge >= 0.3 is 0 Å². The quantitative estimate of drug-likeness (QED) is 0.861. The molecular formula is C15H22N4O. The number of aromatic nitrogens is 3. The van der Waals surface area contributed by atoms with Crippen molar-refractivity contribution in [3.63, 3.8) is 0 Å². The number of fused-ring (bicyclic) bond motifs is 1. The van der Waals surface area contributed by atoms with Crippen molar-refractivity contribution in [1.29, 1.82) is 0 Å². The molecule has 5 nitrogen and oxygen atoms in total. The Bertz CT molecular complexity index is 593. The van der Waals surface area contributed by atoms with E-state index in [-0.39, 0.29) is 0 Å². The summed E-state index contributed by atoms with van der Waals surface area (Å²) in [4.78, 5) is 2.52.